The highest BCUT2D eigenvalue weighted by Crippen LogP contribution is 2.26. The van der Waals surface area contributed by atoms with E-state index >= 15 is 0 Å². The molecule has 0 aromatic carbocycles. The zero-order valence-corrected chi connectivity index (χ0v) is 12.1. The number of halogens is 2. The molecule has 1 unspecified atom stereocenters. The molecule has 4 heteroatoms. The van der Waals surface area contributed by atoms with Crippen LogP contribution in [0.1, 0.15) is 36.1 Å². The second kappa shape index (κ2) is 6.82. The minimum absolute atomic E-state index is 0.117. The van der Waals surface area contributed by atoms with Crippen molar-refractivity contribution in [1.82, 2.24) is 0 Å². The van der Waals surface area contributed by atoms with Crippen LogP contribution in [0.15, 0.2) is 39.1 Å². The smallest absolute Gasteiger partial charge is 0.185 e. The summed E-state index contributed by atoms with van der Waals surface area (Å²) in [6.45, 7) is 4.07. The molecule has 1 atom stereocenters. The number of hydrogen-bond donors (Lipinski definition) is 0. The summed E-state index contributed by atoms with van der Waals surface area (Å²) >= 11 is 8.96. The van der Waals surface area contributed by atoms with Gasteiger partial charge in [0.05, 0.1) is 0 Å². The molecule has 0 fully saturated rings. The molecule has 17 heavy (non-hydrogen) atoms. The van der Waals surface area contributed by atoms with Gasteiger partial charge in [0.2, 0.25) is 0 Å². The van der Waals surface area contributed by atoms with E-state index in [-0.39, 0.29) is 5.43 Å². The molecule has 1 aromatic heterocycles. The van der Waals surface area contributed by atoms with Gasteiger partial charge in [0, 0.05) is 12.1 Å². The van der Waals surface area contributed by atoms with Gasteiger partial charge in [0.1, 0.15) is 15.8 Å². The molecule has 0 saturated heterocycles. The van der Waals surface area contributed by atoms with Crippen LogP contribution in [0, 0.1) is 0 Å². The normalized spacial score (nSPS) is 14.2. The lowest BCUT2D eigenvalue weighted by molar-refractivity contribution is 0.499. The number of hydrogen-bond acceptors (Lipinski definition) is 2. The van der Waals surface area contributed by atoms with E-state index in [9.17, 15) is 4.79 Å². The van der Waals surface area contributed by atoms with Crippen LogP contribution >= 0.6 is 27.5 Å². The molecule has 0 amide bonds. The SMILES string of the molecule is CCC=C(C)C=Cc1cc(=O)cc(C(Cl)Br)o1. The molecule has 0 aliphatic heterocycles. The molecule has 2 nitrogen and oxygen atoms in total. The maximum atomic E-state index is 11.4. The summed E-state index contributed by atoms with van der Waals surface area (Å²) in [7, 11) is 0. The predicted octanol–water partition coefficient (Wildman–Crippen LogP) is 4.64. The fourth-order valence-corrected chi connectivity index (χ4v) is 1.64. The fraction of sp³-hybridized carbons (Fsp3) is 0.308. The molecule has 1 rings (SSSR count). The highest BCUT2D eigenvalue weighted by Gasteiger charge is 2.07. The Labute approximate surface area is 114 Å². The summed E-state index contributed by atoms with van der Waals surface area (Å²) in [5, 5.41) is 0. The molecule has 0 radical (unpaired) electrons. The Morgan fingerprint density at radius 2 is 2.29 bits per heavy atom. The van der Waals surface area contributed by atoms with Crippen molar-refractivity contribution < 1.29 is 4.42 Å². The fourth-order valence-electron chi connectivity index (χ4n) is 1.31. The summed E-state index contributed by atoms with van der Waals surface area (Å²) in [4.78, 5) is 11.4. The second-order valence-electron chi connectivity index (χ2n) is 3.59. The van der Waals surface area contributed by atoms with Crippen molar-refractivity contribution in [3.8, 4) is 0 Å². The molecule has 0 N–H and O–H groups in total. The Balaban J connectivity index is 2.99. The zero-order valence-electron chi connectivity index (χ0n) is 9.74. The molecule has 0 aliphatic rings. The highest BCUT2D eigenvalue weighted by molar-refractivity contribution is 9.09. The van der Waals surface area contributed by atoms with Crippen LogP contribution in [0.2, 0.25) is 0 Å². The summed E-state index contributed by atoms with van der Waals surface area (Å²) in [6, 6.07) is 2.81. The maximum Gasteiger partial charge on any atom is 0.185 e. The van der Waals surface area contributed by atoms with Gasteiger partial charge in [0.25, 0.3) is 0 Å². The van der Waals surface area contributed by atoms with Crippen molar-refractivity contribution in [2.24, 2.45) is 0 Å². The lowest BCUT2D eigenvalue weighted by atomic mass is 10.2. The molecule has 0 saturated carbocycles. The van der Waals surface area contributed by atoms with Crippen molar-refractivity contribution in [1.29, 1.82) is 0 Å². The average Bonchev–Trinajstić information content (AvgIpc) is 2.26. The lowest BCUT2D eigenvalue weighted by Gasteiger charge is -2.01. The molecule has 0 aliphatic carbocycles. The van der Waals surface area contributed by atoms with Crippen LogP contribution in [0.25, 0.3) is 6.08 Å². The van der Waals surface area contributed by atoms with Crippen molar-refractivity contribution >= 4 is 33.6 Å². The maximum absolute atomic E-state index is 11.4. The predicted molar refractivity (Wildman–Crippen MR) is 75.6 cm³/mol. The van der Waals surface area contributed by atoms with Gasteiger partial charge < -0.3 is 4.42 Å². The van der Waals surface area contributed by atoms with Gasteiger partial charge in [0.15, 0.2) is 5.43 Å². The first-order valence-corrected chi connectivity index (χ1v) is 6.66. The van der Waals surface area contributed by atoms with E-state index in [1.807, 2.05) is 13.0 Å². The summed E-state index contributed by atoms with van der Waals surface area (Å²) < 4.78 is 4.97. The number of rotatable bonds is 4. The first-order chi connectivity index (χ1) is 8.02. The second-order valence-corrected chi connectivity index (χ2v) is 5.47. The standard InChI is InChI=1S/C13H14BrClO2/c1-3-4-9(2)5-6-11-7-10(16)8-12(17-11)13(14)15/h4-8,13H,3H2,1-2H3. The van der Waals surface area contributed by atoms with Crippen molar-refractivity contribution in [3.63, 3.8) is 0 Å². The Kier molecular flexibility index (Phi) is 5.72. The summed E-state index contributed by atoms with van der Waals surface area (Å²) in [6.07, 6.45) is 6.74. The average molecular weight is 318 g/mol. The molecule has 0 spiro atoms. The van der Waals surface area contributed by atoms with Crippen LogP contribution in [0.3, 0.4) is 0 Å². The van der Waals surface area contributed by atoms with E-state index in [0.29, 0.717) is 11.5 Å². The minimum atomic E-state index is -0.490. The minimum Gasteiger partial charge on any atom is -0.459 e. The van der Waals surface area contributed by atoms with Gasteiger partial charge in [-0.1, -0.05) is 40.6 Å². The summed E-state index contributed by atoms with van der Waals surface area (Å²) in [5.41, 5.74) is 1.01. The molecule has 1 heterocycles. The largest absolute Gasteiger partial charge is 0.459 e. The third kappa shape index (κ3) is 4.92. The van der Waals surface area contributed by atoms with E-state index in [4.69, 9.17) is 16.0 Å². The highest BCUT2D eigenvalue weighted by atomic mass is 79.9. The summed E-state index contributed by atoms with van der Waals surface area (Å²) in [5.74, 6) is 0.914. The van der Waals surface area contributed by atoms with Gasteiger partial charge >= 0.3 is 0 Å². The Bertz CT molecular complexity index is 486. The number of allylic oxidation sites excluding steroid dienone is 3. The van der Waals surface area contributed by atoms with Crippen LogP contribution in [-0.2, 0) is 0 Å². The lowest BCUT2D eigenvalue weighted by Crippen LogP contribution is -2.00. The Morgan fingerprint density at radius 3 is 2.88 bits per heavy atom. The molecule has 92 valence electrons. The van der Waals surface area contributed by atoms with Crippen LogP contribution in [-0.4, -0.2) is 0 Å². The van der Waals surface area contributed by atoms with Gasteiger partial charge in [-0.15, -0.1) is 11.6 Å². The van der Waals surface area contributed by atoms with E-state index < -0.39 is 4.29 Å². The van der Waals surface area contributed by atoms with E-state index in [0.717, 1.165) is 12.0 Å². The third-order valence-corrected chi connectivity index (χ3v) is 2.72. The first kappa shape index (κ1) is 14.3. The Morgan fingerprint density at radius 1 is 1.59 bits per heavy atom. The van der Waals surface area contributed by atoms with E-state index in [2.05, 4.69) is 28.9 Å². The van der Waals surface area contributed by atoms with Gasteiger partial charge in [-0.2, -0.15) is 0 Å². The van der Waals surface area contributed by atoms with Crippen LogP contribution < -0.4 is 5.43 Å². The Hall–Kier alpha value is -0.800. The number of alkyl halides is 2. The third-order valence-electron chi connectivity index (χ3n) is 2.06. The van der Waals surface area contributed by atoms with Gasteiger partial charge in [-0.3, -0.25) is 4.79 Å². The van der Waals surface area contributed by atoms with Gasteiger partial charge in [-0.25, -0.2) is 0 Å². The molecular formula is C13H14BrClO2. The monoisotopic (exact) mass is 316 g/mol. The quantitative estimate of drug-likeness (QED) is 0.598. The molecular weight excluding hydrogens is 303 g/mol. The van der Waals surface area contributed by atoms with Gasteiger partial charge in [-0.05, 0) is 19.4 Å². The van der Waals surface area contributed by atoms with Crippen LogP contribution in [0.5, 0.6) is 0 Å². The van der Waals surface area contributed by atoms with Crippen LogP contribution in [0.4, 0.5) is 0 Å². The zero-order chi connectivity index (χ0) is 12.8. The van der Waals surface area contributed by atoms with Crippen molar-refractivity contribution in [2.45, 2.75) is 24.6 Å². The van der Waals surface area contributed by atoms with Crippen molar-refractivity contribution in [2.75, 3.05) is 0 Å². The van der Waals surface area contributed by atoms with E-state index in [1.54, 1.807) is 6.08 Å². The van der Waals surface area contributed by atoms with Crippen molar-refractivity contribution in [3.05, 3.63) is 51.6 Å². The first-order valence-electron chi connectivity index (χ1n) is 5.31. The van der Waals surface area contributed by atoms with E-state index in [1.165, 1.54) is 12.1 Å². The molecule has 0 bridgehead atoms. The molecule has 1 aromatic rings. The topological polar surface area (TPSA) is 30.2 Å².